The minimum Gasteiger partial charge on any atom is -0.480 e. The Labute approximate surface area is 110 Å². The third-order valence-electron chi connectivity index (χ3n) is 3.14. The van der Waals surface area contributed by atoms with Gasteiger partial charge in [0.1, 0.15) is 11.9 Å². The average molecular weight is 268 g/mol. The van der Waals surface area contributed by atoms with Crippen LogP contribution in [0.1, 0.15) is 5.56 Å². The van der Waals surface area contributed by atoms with Crippen molar-refractivity contribution in [2.24, 2.45) is 5.73 Å². The number of carboxylic acid groups (broad SMARTS) is 1. The highest BCUT2D eigenvalue weighted by atomic mass is 19.1. The average Bonchev–Trinajstić information content (AvgIpc) is 2.39. The Balaban J connectivity index is 2.10. The number of anilines is 1. The molecule has 1 saturated heterocycles. The molecule has 104 valence electrons. The van der Waals surface area contributed by atoms with Crippen molar-refractivity contribution in [2.45, 2.75) is 12.5 Å². The largest absolute Gasteiger partial charge is 0.480 e. The Morgan fingerprint density at radius 1 is 1.47 bits per heavy atom. The van der Waals surface area contributed by atoms with E-state index in [0.717, 1.165) is 0 Å². The lowest BCUT2D eigenvalue weighted by Gasteiger charge is -2.29. The van der Waals surface area contributed by atoms with Crippen LogP contribution < -0.4 is 10.6 Å². The summed E-state index contributed by atoms with van der Waals surface area (Å²) < 4.78 is 19.2. The van der Waals surface area contributed by atoms with Crippen LogP contribution in [0.2, 0.25) is 0 Å². The molecule has 0 amide bonds. The summed E-state index contributed by atoms with van der Waals surface area (Å²) in [5.74, 6) is -1.44. The molecule has 1 unspecified atom stereocenters. The maximum absolute atomic E-state index is 14.0. The van der Waals surface area contributed by atoms with Crippen LogP contribution >= 0.6 is 0 Å². The molecule has 2 rings (SSSR count). The van der Waals surface area contributed by atoms with Gasteiger partial charge in [0.25, 0.3) is 0 Å². The number of aliphatic carboxylic acids is 1. The molecular formula is C13H17FN2O3. The molecule has 5 nitrogen and oxygen atoms in total. The summed E-state index contributed by atoms with van der Waals surface area (Å²) in [6.45, 7) is 2.49. The number of benzene rings is 1. The smallest absolute Gasteiger partial charge is 0.320 e. The Hall–Kier alpha value is -1.66. The van der Waals surface area contributed by atoms with Crippen LogP contribution in [-0.2, 0) is 16.0 Å². The van der Waals surface area contributed by atoms with Crippen molar-refractivity contribution in [3.05, 3.63) is 29.6 Å². The van der Waals surface area contributed by atoms with Gasteiger partial charge in [0.15, 0.2) is 0 Å². The zero-order valence-electron chi connectivity index (χ0n) is 10.5. The van der Waals surface area contributed by atoms with Crippen molar-refractivity contribution in [1.82, 2.24) is 0 Å². The SMILES string of the molecule is NC(Cc1ccc(N2CCOCC2)c(F)c1)C(=O)O. The lowest BCUT2D eigenvalue weighted by molar-refractivity contribution is -0.138. The van der Waals surface area contributed by atoms with Gasteiger partial charge in [-0.05, 0) is 24.1 Å². The number of carboxylic acids is 1. The van der Waals surface area contributed by atoms with Gasteiger partial charge in [0.2, 0.25) is 0 Å². The lowest BCUT2D eigenvalue weighted by atomic mass is 10.1. The second kappa shape index (κ2) is 5.99. The summed E-state index contributed by atoms with van der Waals surface area (Å²) in [6.07, 6.45) is 0.121. The highest BCUT2D eigenvalue weighted by Crippen LogP contribution is 2.22. The van der Waals surface area contributed by atoms with Crippen LogP contribution in [0.25, 0.3) is 0 Å². The fraction of sp³-hybridized carbons (Fsp3) is 0.462. The van der Waals surface area contributed by atoms with Crippen LogP contribution in [0.4, 0.5) is 10.1 Å². The monoisotopic (exact) mass is 268 g/mol. The summed E-state index contributed by atoms with van der Waals surface area (Å²) in [5, 5.41) is 8.73. The van der Waals surface area contributed by atoms with Crippen molar-refractivity contribution < 1.29 is 19.0 Å². The third-order valence-corrected chi connectivity index (χ3v) is 3.14. The van der Waals surface area contributed by atoms with E-state index in [-0.39, 0.29) is 12.2 Å². The molecule has 1 aromatic carbocycles. The number of ether oxygens (including phenoxy) is 1. The number of halogens is 1. The van der Waals surface area contributed by atoms with Crippen LogP contribution in [-0.4, -0.2) is 43.4 Å². The predicted octanol–water partition coefficient (Wildman–Crippen LogP) is 0.617. The minimum absolute atomic E-state index is 0.121. The molecule has 0 spiro atoms. The first-order valence-corrected chi connectivity index (χ1v) is 6.17. The molecule has 0 aromatic heterocycles. The quantitative estimate of drug-likeness (QED) is 0.837. The summed E-state index contributed by atoms with van der Waals surface area (Å²) in [6, 6.07) is 3.74. The molecule has 19 heavy (non-hydrogen) atoms. The van der Waals surface area contributed by atoms with Gasteiger partial charge >= 0.3 is 5.97 Å². The van der Waals surface area contributed by atoms with Gasteiger partial charge in [-0.2, -0.15) is 0 Å². The Bertz CT molecular complexity index is 461. The number of nitrogens with zero attached hydrogens (tertiary/aromatic N) is 1. The van der Waals surface area contributed by atoms with E-state index in [9.17, 15) is 9.18 Å². The zero-order chi connectivity index (χ0) is 13.8. The molecular weight excluding hydrogens is 251 g/mol. The summed E-state index contributed by atoms with van der Waals surface area (Å²) in [4.78, 5) is 12.6. The highest BCUT2D eigenvalue weighted by molar-refractivity contribution is 5.73. The van der Waals surface area contributed by atoms with Gasteiger partial charge in [-0.25, -0.2) is 4.39 Å². The topological polar surface area (TPSA) is 75.8 Å². The number of nitrogens with two attached hydrogens (primary N) is 1. The number of hydrogen-bond donors (Lipinski definition) is 2. The Kier molecular flexibility index (Phi) is 4.34. The predicted molar refractivity (Wildman–Crippen MR) is 68.7 cm³/mol. The van der Waals surface area contributed by atoms with Crippen molar-refractivity contribution in [1.29, 1.82) is 0 Å². The highest BCUT2D eigenvalue weighted by Gasteiger charge is 2.17. The van der Waals surface area contributed by atoms with Crippen LogP contribution in [0.15, 0.2) is 18.2 Å². The van der Waals surface area contributed by atoms with E-state index >= 15 is 0 Å². The third kappa shape index (κ3) is 3.42. The Morgan fingerprint density at radius 2 is 2.16 bits per heavy atom. The molecule has 1 aliphatic rings. The minimum atomic E-state index is -1.09. The molecule has 1 atom stereocenters. The molecule has 3 N–H and O–H groups in total. The summed E-state index contributed by atoms with van der Waals surface area (Å²) in [5.41, 5.74) is 6.54. The maximum atomic E-state index is 14.0. The summed E-state index contributed by atoms with van der Waals surface area (Å²) >= 11 is 0. The molecule has 1 heterocycles. The van der Waals surface area contributed by atoms with E-state index in [0.29, 0.717) is 37.6 Å². The number of morpholine rings is 1. The number of rotatable bonds is 4. The summed E-state index contributed by atoms with van der Waals surface area (Å²) in [7, 11) is 0. The molecule has 6 heteroatoms. The molecule has 0 radical (unpaired) electrons. The van der Waals surface area contributed by atoms with E-state index in [4.69, 9.17) is 15.6 Å². The molecule has 0 saturated carbocycles. The molecule has 1 aromatic rings. The first-order chi connectivity index (χ1) is 9.08. The van der Waals surface area contributed by atoms with E-state index < -0.39 is 12.0 Å². The van der Waals surface area contributed by atoms with Crippen LogP contribution in [0.5, 0.6) is 0 Å². The van der Waals surface area contributed by atoms with Gasteiger partial charge in [0.05, 0.1) is 18.9 Å². The zero-order valence-corrected chi connectivity index (χ0v) is 10.5. The van der Waals surface area contributed by atoms with Gasteiger partial charge in [-0.3, -0.25) is 4.79 Å². The van der Waals surface area contributed by atoms with E-state index in [2.05, 4.69) is 0 Å². The van der Waals surface area contributed by atoms with Crippen molar-refractivity contribution >= 4 is 11.7 Å². The number of hydrogen-bond acceptors (Lipinski definition) is 4. The lowest BCUT2D eigenvalue weighted by Crippen LogP contribution is -2.36. The molecule has 0 aliphatic carbocycles. The fourth-order valence-electron chi connectivity index (χ4n) is 2.08. The van der Waals surface area contributed by atoms with E-state index in [1.54, 1.807) is 12.1 Å². The van der Waals surface area contributed by atoms with Crippen LogP contribution in [0.3, 0.4) is 0 Å². The standard InChI is InChI=1S/C13H17FN2O3/c14-10-7-9(8-11(15)13(17)18)1-2-12(10)16-3-5-19-6-4-16/h1-2,7,11H,3-6,8,15H2,(H,17,18). The van der Waals surface area contributed by atoms with Gasteiger partial charge in [-0.1, -0.05) is 6.07 Å². The molecule has 1 aliphatic heterocycles. The molecule has 0 bridgehead atoms. The van der Waals surface area contributed by atoms with E-state index in [1.165, 1.54) is 6.07 Å². The normalized spacial score (nSPS) is 17.3. The first-order valence-electron chi connectivity index (χ1n) is 6.17. The van der Waals surface area contributed by atoms with Crippen LogP contribution in [0, 0.1) is 5.82 Å². The van der Waals surface area contributed by atoms with E-state index in [1.807, 2.05) is 4.90 Å². The van der Waals surface area contributed by atoms with Crippen molar-refractivity contribution in [3.8, 4) is 0 Å². The first kappa shape index (κ1) is 13.8. The Morgan fingerprint density at radius 3 is 2.74 bits per heavy atom. The van der Waals surface area contributed by atoms with Crippen molar-refractivity contribution in [2.75, 3.05) is 31.2 Å². The van der Waals surface area contributed by atoms with Gasteiger partial charge < -0.3 is 20.5 Å². The number of carbonyl (C=O) groups is 1. The van der Waals surface area contributed by atoms with Crippen molar-refractivity contribution in [3.63, 3.8) is 0 Å². The molecule has 1 fully saturated rings. The van der Waals surface area contributed by atoms with Gasteiger partial charge in [0, 0.05) is 13.1 Å². The van der Waals surface area contributed by atoms with Gasteiger partial charge in [-0.15, -0.1) is 0 Å². The second-order valence-corrected chi connectivity index (χ2v) is 4.53. The second-order valence-electron chi connectivity index (χ2n) is 4.53. The maximum Gasteiger partial charge on any atom is 0.320 e. The fourth-order valence-corrected chi connectivity index (χ4v) is 2.08.